The summed E-state index contributed by atoms with van der Waals surface area (Å²) in [6, 6.07) is 3.19. The van der Waals surface area contributed by atoms with E-state index in [4.69, 9.17) is 9.52 Å². The average Bonchev–Trinajstić information content (AvgIpc) is 3.23. The minimum atomic E-state index is -4.48. The van der Waals surface area contributed by atoms with Crippen LogP contribution in [0.2, 0.25) is 0 Å². The molecule has 0 spiro atoms. The fraction of sp³-hybridized carbons (Fsp3) is 0.400. The number of carboxylic acid groups (broad SMARTS) is 1. The number of likely N-dealkylation sites (tertiary alicyclic amines) is 1. The third kappa shape index (κ3) is 3.52. The second kappa shape index (κ2) is 6.26. The number of carbonyl (C=O) groups excluding carboxylic acids is 1. The van der Waals surface area contributed by atoms with Gasteiger partial charge < -0.3 is 14.4 Å². The van der Waals surface area contributed by atoms with Crippen LogP contribution < -0.4 is 0 Å². The second-order valence-electron chi connectivity index (χ2n) is 5.67. The number of aromatic carboxylic acids is 1. The molecule has 0 radical (unpaired) electrons. The SMILES string of the molecule is O=C(O)c1ccc(C(=O)N2CCC(n3ccc(C(F)(F)F)n3)CC2)o1. The monoisotopic (exact) mass is 357 g/mol. The molecule has 1 N–H and O–H groups in total. The van der Waals surface area contributed by atoms with Crippen LogP contribution in [0.5, 0.6) is 0 Å². The number of furan rings is 1. The smallest absolute Gasteiger partial charge is 0.435 e. The second-order valence-corrected chi connectivity index (χ2v) is 5.67. The van der Waals surface area contributed by atoms with Crippen LogP contribution >= 0.6 is 0 Å². The Morgan fingerprint density at radius 3 is 2.32 bits per heavy atom. The molecular formula is C15H14F3N3O4. The topological polar surface area (TPSA) is 88.6 Å². The minimum absolute atomic E-state index is 0.0747. The number of piperidine rings is 1. The normalized spacial score (nSPS) is 16.2. The summed E-state index contributed by atoms with van der Waals surface area (Å²) in [6.45, 7) is 0.627. The standard InChI is InChI=1S/C15H14F3N3O4/c16-15(17,18)12-5-8-21(19-12)9-3-6-20(7-4-9)13(22)10-1-2-11(25-10)14(23)24/h1-2,5,8-9H,3-4,6-7H2,(H,23,24). The van der Waals surface area contributed by atoms with Gasteiger partial charge in [-0.3, -0.25) is 9.48 Å². The van der Waals surface area contributed by atoms with Gasteiger partial charge in [-0.15, -0.1) is 0 Å². The van der Waals surface area contributed by atoms with Crippen LogP contribution in [-0.4, -0.2) is 44.8 Å². The van der Waals surface area contributed by atoms with Crippen LogP contribution in [0, 0.1) is 0 Å². The number of amides is 1. The molecule has 0 saturated carbocycles. The first-order valence-electron chi connectivity index (χ1n) is 7.50. The number of rotatable bonds is 3. The number of aromatic nitrogens is 2. The first-order chi connectivity index (χ1) is 11.8. The maximum Gasteiger partial charge on any atom is 0.435 e. The Hall–Kier alpha value is -2.78. The van der Waals surface area contributed by atoms with Crippen LogP contribution in [-0.2, 0) is 6.18 Å². The van der Waals surface area contributed by atoms with Crippen molar-refractivity contribution in [1.82, 2.24) is 14.7 Å². The van der Waals surface area contributed by atoms with E-state index in [-0.39, 0.29) is 17.6 Å². The van der Waals surface area contributed by atoms with Gasteiger partial charge >= 0.3 is 12.1 Å². The molecule has 1 aliphatic heterocycles. The molecule has 3 rings (SSSR count). The van der Waals surface area contributed by atoms with E-state index in [0.29, 0.717) is 25.9 Å². The summed E-state index contributed by atoms with van der Waals surface area (Å²) in [4.78, 5) is 24.5. The fourth-order valence-corrected chi connectivity index (χ4v) is 2.75. The van der Waals surface area contributed by atoms with Crippen LogP contribution in [0.15, 0.2) is 28.8 Å². The number of hydrogen-bond acceptors (Lipinski definition) is 4. The number of hydrogen-bond donors (Lipinski definition) is 1. The van der Waals surface area contributed by atoms with Crippen molar-refractivity contribution in [3.63, 3.8) is 0 Å². The Bertz CT molecular complexity index is 788. The maximum absolute atomic E-state index is 12.6. The Labute approximate surface area is 139 Å². The molecule has 0 aromatic carbocycles. The Balaban J connectivity index is 1.62. The Morgan fingerprint density at radius 2 is 1.80 bits per heavy atom. The molecule has 0 unspecified atom stereocenters. The molecule has 2 aromatic rings. The molecule has 1 amide bonds. The van der Waals surface area contributed by atoms with Crippen molar-refractivity contribution < 1.29 is 32.3 Å². The van der Waals surface area contributed by atoms with E-state index in [1.165, 1.54) is 27.9 Å². The zero-order valence-electron chi connectivity index (χ0n) is 12.9. The van der Waals surface area contributed by atoms with Crippen LogP contribution in [0.1, 0.15) is 45.7 Å². The molecule has 2 aromatic heterocycles. The zero-order valence-corrected chi connectivity index (χ0v) is 12.9. The van der Waals surface area contributed by atoms with Gasteiger partial charge in [-0.05, 0) is 31.0 Å². The van der Waals surface area contributed by atoms with Crippen molar-refractivity contribution in [2.75, 3.05) is 13.1 Å². The number of alkyl halides is 3. The number of carboxylic acids is 1. The molecule has 3 heterocycles. The van der Waals surface area contributed by atoms with E-state index in [2.05, 4.69) is 5.10 Å². The summed E-state index contributed by atoms with van der Waals surface area (Å²) in [7, 11) is 0. The minimum Gasteiger partial charge on any atom is -0.475 e. The molecule has 0 bridgehead atoms. The molecule has 10 heteroatoms. The van der Waals surface area contributed by atoms with E-state index in [1.807, 2.05) is 0 Å². The molecule has 0 aliphatic carbocycles. The highest BCUT2D eigenvalue weighted by Gasteiger charge is 2.35. The van der Waals surface area contributed by atoms with Crippen molar-refractivity contribution >= 4 is 11.9 Å². The summed E-state index contributed by atoms with van der Waals surface area (Å²) < 4.78 is 44.1. The summed E-state index contributed by atoms with van der Waals surface area (Å²) in [5, 5.41) is 12.4. The number of halogens is 3. The van der Waals surface area contributed by atoms with Gasteiger partial charge in [0.2, 0.25) is 5.76 Å². The first kappa shape index (κ1) is 17.1. The van der Waals surface area contributed by atoms with Gasteiger partial charge in [-0.25, -0.2) is 4.79 Å². The van der Waals surface area contributed by atoms with E-state index < -0.39 is 23.7 Å². The molecule has 25 heavy (non-hydrogen) atoms. The Kier molecular flexibility index (Phi) is 4.27. The highest BCUT2D eigenvalue weighted by atomic mass is 19.4. The number of nitrogens with zero attached hydrogens (tertiary/aromatic N) is 3. The lowest BCUT2D eigenvalue weighted by Crippen LogP contribution is -2.39. The summed E-state index contributed by atoms with van der Waals surface area (Å²) in [5.41, 5.74) is -0.942. The van der Waals surface area contributed by atoms with E-state index in [1.54, 1.807) is 0 Å². The van der Waals surface area contributed by atoms with Gasteiger partial charge in [0.25, 0.3) is 5.91 Å². The van der Waals surface area contributed by atoms with Gasteiger partial charge in [0.05, 0.1) is 6.04 Å². The van der Waals surface area contributed by atoms with Crippen LogP contribution in [0.3, 0.4) is 0 Å². The fourth-order valence-electron chi connectivity index (χ4n) is 2.75. The highest BCUT2D eigenvalue weighted by molar-refractivity contribution is 5.93. The van der Waals surface area contributed by atoms with Crippen molar-refractivity contribution in [2.24, 2.45) is 0 Å². The van der Waals surface area contributed by atoms with Crippen molar-refractivity contribution in [1.29, 1.82) is 0 Å². The molecule has 1 aliphatic rings. The molecule has 7 nitrogen and oxygen atoms in total. The lowest BCUT2D eigenvalue weighted by molar-refractivity contribution is -0.141. The molecule has 134 valence electrons. The van der Waals surface area contributed by atoms with Gasteiger partial charge in [-0.1, -0.05) is 0 Å². The zero-order chi connectivity index (χ0) is 18.2. The van der Waals surface area contributed by atoms with Crippen LogP contribution in [0.25, 0.3) is 0 Å². The highest BCUT2D eigenvalue weighted by Crippen LogP contribution is 2.30. The molecule has 1 fully saturated rings. The quantitative estimate of drug-likeness (QED) is 0.912. The average molecular weight is 357 g/mol. The lowest BCUT2D eigenvalue weighted by Gasteiger charge is -2.31. The van der Waals surface area contributed by atoms with E-state index >= 15 is 0 Å². The molecule has 0 atom stereocenters. The molecular weight excluding hydrogens is 343 g/mol. The van der Waals surface area contributed by atoms with Gasteiger partial charge in [-0.2, -0.15) is 18.3 Å². The van der Waals surface area contributed by atoms with E-state index in [9.17, 15) is 22.8 Å². The summed E-state index contributed by atoms with van der Waals surface area (Å²) >= 11 is 0. The van der Waals surface area contributed by atoms with Gasteiger partial charge in [0.15, 0.2) is 11.5 Å². The molecule has 1 saturated heterocycles. The largest absolute Gasteiger partial charge is 0.475 e. The predicted octanol–water partition coefficient (Wildman–Crippen LogP) is 2.67. The maximum atomic E-state index is 12.6. The van der Waals surface area contributed by atoms with Crippen molar-refractivity contribution in [2.45, 2.75) is 25.1 Å². The third-order valence-corrected chi connectivity index (χ3v) is 4.05. The first-order valence-corrected chi connectivity index (χ1v) is 7.50. The van der Waals surface area contributed by atoms with E-state index in [0.717, 1.165) is 6.07 Å². The predicted molar refractivity (Wildman–Crippen MR) is 77.1 cm³/mol. The Morgan fingerprint density at radius 1 is 1.16 bits per heavy atom. The van der Waals surface area contributed by atoms with Gasteiger partial charge in [0, 0.05) is 19.3 Å². The van der Waals surface area contributed by atoms with Gasteiger partial charge in [0.1, 0.15) is 0 Å². The summed E-state index contributed by atoms with van der Waals surface area (Å²) in [6.07, 6.45) is -2.31. The lowest BCUT2D eigenvalue weighted by atomic mass is 10.1. The van der Waals surface area contributed by atoms with Crippen LogP contribution in [0.4, 0.5) is 13.2 Å². The third-order valence-electron chi connectivity index (χ3n) is 4.05. The van der Waals surface area contributed by atoms with Crippen molar-refractivity contribution in [3.8, 4) is 0 Å². The van der Waals surface area contributed by atoms with Crippen molar-refractivity contribution in [3.05, 3.63) is 41.6 Å². The number of carbonyl (C=O) groups is 2. The summed E-state index contributed by atoms with van der Waals surface area (Å²) in [5.74, 6) is -2.11.